The Morgan fingerprint density at radius 3 is 2.74 bits per heavy atom. The standard InChI is InChI=1S/C17H27N5O2S2.HI/c1-4-18-17(22(3)12-7-15-6-5-13-25-15)19-9-10-20-26(23,24)16-8-11-21(2)14-16;/h5-6,8,11,13-14,20H,4,7,9-10,12H2,1-3H3,(H,18,19);1H. The SMILES string of the molecule is CCNC(=NCCNS(=O)(=O)c1ccn(C)c1)N(C)CCc1cccs1.I. The number of aryl methyl sites for hydroxylation is 1. The molecule has 0 unspecified atom stereocenters. The lowest BCUT2D eigenvalue weighted by Crippen LogP contribution is -2.40. The van der Waals surface area contributed by atoms with Crippen LogP contribution in [0.25, 0.3) is 0 Å². The number of likely N-dealkylation sites (N-methyl/N-ethyl adjacent to an activating group) is 1. The number of hydrogen-bond donors (Lipinski definition) is 2. The van der Waals surface area contributed by atoms with Gasteiger partial charge in [-0.25, -0.2) is 13.1 Å². The maximum atomic E-state index is 12.2. The molecule has 0 saturated carbocycles. The second-order valence-electron chi connectivity index (χ2n) is 5.90. The molecular formula is C17H28IN5O2S2. The van der Waals surface area contributed by atoms with E-state index >= 15 is 0 Å². The van der Waals surface area contributed by atoms with Crippen molar-refractivity contribution in [2.75, 3.05) is 33.2 Å². The van der Waals surface area contributed by atoms with Crippen molar-refractivity contribution in [3.05, 3.63) is 40.8 Å². The maximum absolute atomic E-state index is 12.2. The number of guanidine groups is 1. The van der Waals surface area contributed by atoms with Gasteiger partial charge in [-0.05, 0) is 30.9 Å². The topological polar surface area (TPSA) is 78.7 Å². The molecule has 0 aliphatic carbocycles. The minimum absolute atomic E-state index is 0. The van der Waals surface area contributed by atoms with Gasteiger partial charge in [-0.3, -0.25) is 4.99 Å². The van der Waals surface area contributed by atoms with Crippen LogP contribution in [0.1, 0.15) is 11.8 Å². The number of hydrogen-bond acceptors (Lipinski definition) is 4. The highest BCUT2D eigenvalue weighted by Crippen LogP contribution is 2.09. The molecule has 0 spiro atoms. The van der Waals surface area contributed by atoms with E-state index in [0.717, 1.165) is 25.5 Å². The lowest BCUT2D eigenvalue weighted by molar-refractivity contribution is 0.486. The molecular weight excluding hydrogens is 497 g/mol. The van der Waals surface area contributed by atoms with Crippen molar-refractivity contribution in [2.24, 2.45) is 12.0 Å². The van der Waals surface area contributed by atoms with E-state index in [1.165, 1.54) is 4.88 Å². The number of thiophene rings is 1. The normalized spacial score (nSPS) is 11.9. The van der Waals surface area contributed by atoms with Gasteiger partial charge in [0.2, 0.25) is 10.0 Å². The van der Waals surface area contributed by atoms with Crippen LogP contribution in [-0.4, -0.2) is 57.1 Å². The molecule has 0 amide bonds. The van der Waals surface area contributed by atoms with Crippen molar-refractivity contribution in [2.45, 2.75) is 18.2 Å². The molecule has 10 heteroatoms. The Balaban J connectivity index is 0.00000364. The third-order valence-electron chi connectivity index (χ3n) is 3.75. The molecule has 2 rings (SSSR count). The monoisotopic (exact) mass is 525 g/mol. The van der Waals surface area contributed by atoms with Crippen molar-refractivity contribution in [1.29, 1.82) is 0 Å². The first-order valence-corrected chi connectivity index (χ1v) is 10.9. The van der Waals surface area contributed by atoms with Crippen molar-refractivity contribution in [3.8, 4) is 0 Å². The largest absolute Gasteiger partial charge is 0.357 e. The van der Waals surface area contributed by atoms with E-state index in [2.05, 4.69) is 37.4 Å². The van der Waals surface area contributed by atoms with Gasteiger partial charge < -0.3 is 14.8 Å². The molecule has 0 aromatic carbocycles. The summed E-state index contributed by atoms with van der Waals surface area (Å²) >= 11 is 1.75. The fraction of sp³-hybridized carbons (Fsp3) is 0.471. The van der Waals surface area contributed by atoms with Gasteiger partial charge in [0.25, 0.3) is 0 Å². The maximum Gasteiger partial charge on any atom is 0.242 e. The fourth-order valence-corrected chi connectivity index (χ4v) is 4.14. The highest BCUT2D eigenvalue weighted by molar-refractivity contribution is 14.0. The average Bonchev–Trinajstić information content (AvgIpc) is 3.27. The van der Waals surface area contributed by atoms with Crippen LogP contribution >= 0.6 is 35.3 Å². The quantitative estimate of drug-likeness (QED) is 0.228. The van der Waals surface area contributed by atoms with Crippen LogP contribution in [0.3, 0.4) is 0 Å². The van der Waals surface area contributed by atoms with Crippen molar-refractivity contribution in [3.63, 3.8) is 0 Å². The van der Waals surface area contributed by atoms with E-state index in [0.29, 0.717) is 6.54 Å². The second-order valence-corrected chi connectivity index (χ2v) is 8.70. The van der Waals surface area contributed by atoms with Gasteiger partial charge in [0.05, 0.1) is 11.4 Å². The highest BCUT2D eigenvalue weighted by atomic mass is 127. The van der Waals surface area contributed by atoms with Crippen LogP contribution in [0.15, 0.2) is 45.9 Å². The molecule has 2 heterocycles. The first kappa shape index (κ1) is 23.9. The molecule has 0 saturated heterocycles. The summed E-state index contributed by atoms with van der Waals surface area (Å²) in [6.45, 7) is 4.25. The predicted molar refractivity (Wildman–Crippen MR) is 123 cm³/mol. The zero-order chi connectivity index (χ0) is 19.0. The molecule has 7 nitrogen and oxygen atoms in total. The van der Waals surface area contributed by atoms with Crippen molar-refractivity contribution < 1.29 is 8.42 Å². The zero-order valence-electron chi connectivity index (χ0n) is 15.9. The summed E-state index contributed by atoms with van der Waals surface area (Å²) in [5, 5.41) is 5.32. The smallest absolute Gasteiger partial charge is 0.242 e. The summed E-state index contributed by atoms with van der Waals surface area (Å²) in [6.07, 6.45) is 4.24. The van der Waals surface area contributed by atoms with Gasteiger partial charge in [-0.2, -0.15) is 0 Å². The van der Waals surface area contributed by atoms with Crippen LogP contribution in [0.5, 0.6) is 0 Å². The highest BCUT2D eigenvalue weighted by Gasteiger charge is 2.14. The van der Waals surface area contributed by atoms with Crippen LogP contribution in [-0.2, 0) is 23.5 Å². The molecule has 2 aromatic rings. The summed E-state index contributed by atoms with van der Waals surface area (Å²) in [7, 11) is 0.297. The lowest BCUT2D eigenvalue weighted by Gasteiger charge is -2.21. The van der Waals surface area contributed by atoms with Gasteiger partial charge >= 0.3 is 0 Å². The summed E-state index contributed by atoms with van der Waals surface area (Å²) in [6, 6.07) is 5.76. The van der Waals surface area contributed by atoms with Crippen LogP contribution in [0.4, 0.5) is 0 Å². The molecule has 27 heavy (non-hydrogen) atoms. The minimum Gasteiger partial charge on any atom is -0.357 e. The van der Waals surface area contributed by atoms with Gasteiger partial charge in [0.15, 0.2) is 5.96 Å². The Hall–Kier alpha value is -1.11. The molecule has 0 aliphatic rings. The van der Waals surface area contributed by atoms with E-state index in [-0.39, 0.29) is 35.4 Å². The lowest BCUT2D eigenvalue weighted by atomic mass is 10.3. The number of nitrogens with zero attached hydrogens (tertiary/aromatic N) is 3. The Morgan fingerprint density at radius 2 is 2.15 bits per heavy atom. The molecule has 0 atom stereocenters. The summed E-state index contributed by atoms with van der Waals surface area (Å²) in [5.74, 6) is 0.781. The number of aliphatic imine (C=N–C) groups is 1. The van der Waals surface area contributed by atoms with E-state index < -0.39 is 10.0 Å². The van der Waals surface area contributed by atoms with Gasteiger partial charge in [0.1, 0.15) is 0 Å². The number of halogens is 1. The summed E-state index contributed by atoms with van der Waals surface area (Å²) in [5.41, 5.74) is 0. The Labute approximate surface area is 182 Å². The van der Waals surface area contributed by atoms with E-state index in [4.69, 9.17) is 0 Å². The molecule has 0 aliphatic heterocycles. The van der Waals surface area contributed by atoms with E-state index in [9.17, 15) is 8.42 Å². The van der Waals surface area contributed by atoms with Crippen LogP contribution < -0.4 is 10.0 Å². The Morgan fingerprint density at radius 1 is 1.37 bits per heavy atom. The molecule has 0 bridgehead atoms. The molecule has 2 N–H and O–H groups in total. The van der Waals surface area contributed by atoms with Gasteiger partial charge in [-0.1, -0.05) is 6.07 Å². The number of nitrogens with one attached hydrogen (secondary N) is 2. The second kappa shape index (κ2) is 11.7. The first-order valence-electron chi connectivity index (χ1n) is 8.56. The molecule has 2 aromatic heterocycles. The number of rotatable bonds is 9. The molecule has 0 fully saturated rings. The third-order valence-corrected chi connectivity index (χ3v) is 6.13. The van der Waals surface area contributed by atoms with E-state index in [1.54, 1.807) is 41.4 Å². The predicted octanol–water partition coefficient (Wildman–Crippen LogP) is 2.12. The van der Waals surface area contributed by atoms with Gasteiger partial charge in [-0.15, -0.1) is 35.3 Å². The first-order chi connectivity index (χ1) is 12.4. The van der Waals surface area contributed by atoms with Crippen LogP contribution in [0, 0.1) is 0 Å². The summed E-state index contributed by atoms with van der Waals surface area (Å²) < 4.78 is 28.7. The number of aromatic nitrogens is 1. The van der Waals surface area contributed by atoms with Gasteiger partial charge in [0, 0.05) is 51.0 Å². The molecule has 0 radical (unpaired) electrons. The number of sulfonamides is 1. The van der Waals surface area contributed by atoms with E-state index in [1.807, 2.05) is 14.0 Å². The van der Waals surface area contributed by atoms with Crippen molar-refractivity contribution >= 4 is 51.3 Å². The zero-order valence-corrected chi connectivity index (χ0v) is 19.8. The Bertz CT molecular complexity index is 803. The van der Waals surface area contributed by atoms with Crippen LogP contribution in [0.2, 0.25) is 0 Å². The Kier molecular flexibility index (Phi) is 10.3. The minimum atomic E-state index is -3.48. The molecule has 152 valence electrons. The fourth-order valence-electron chi connectivity index (χ4n) is 2.37. The third kappa shape index (κ3) is 7.80. The average molecular weight is 525 g/mol. The summed E-state index contributed by atoms with van der Waals surface area (Å²) in [4.78, 5) is 8.19. The van der Waals surface area contributed by atoms with Crippen molar-refractivity contribution in [1.82, 2.24) is 19.5 Å².